The topological polar surface area (TPSA) is 264 Å². The van der Waals surface area contributed by atoms with E-state index < -0.39 is 94.5 Å². The van der Waals surface area contributed by atoms with Crippen LogP contribution in [-0.2, 0) is 33.6 Å². The predicted molar refractivity (Wildman–Crippen MR) is 201 cm³/mol. The van der Waals surface area contributed by atoms with E-state index in [2.05, 4.69) is 22.5 Å². The molecule has 0 aliphatic carbocycles. The fourth-order valence-corrected chi connectivity index (χ4v) is 6.17. The molecule has 0 fully saturated rings. The lowest BCUT2D eigenvalue weighted by atomic mass is 9.90. The molecule has 0 saturated carbocycles. The molecule has 2 heterocycles. The van der Waals surface area contributed by atoms with Crippen molar-refractivity contribution in [3.63, 3.8) is 0 Å². The molecule has 304 valence electrons. The number of phenolic OH excluding ortho intramolecular Hbond substituents is 1. The number of aliphatic hydroxyl groups is 1. The van der Waals surface area contributed by atoms with E-state index in [1.54, 1.807) is 13.8 Å². The minimum atomic E-state index is -1.75. The number of rotatable bonds is 11. The van der Waals surface area contributed by atoms with E-state index in [0.29, 0.717) is 0 Å². The highest BCUT2D eigenvalue weighted by Crippen LogP contribution is 2.41. The van der Waals surface area contributed by atoms with Gasteiger partial charge < -0.3 is 51.3 Å². The van der Waals surface area contributed by atoms with E-state index in [1.165, 1.54) is 64.1 Å². The average Bonchev–Trinajstić information content (AvgIpc) is 3.62. The Morgan fingerprint density at radius 3 is 2.27 bits per heavy atom. The first-order valence-electron chi connectivity index (χ1n) is 17.4. The zero-order chi connectivity index (χ0) is 42.4. The number of phenols is 1. The first kappa shape index (κ1) is 44.7. The number of benzene rings is 1. The van der Waals surface area contributed by atoms with E-state index in [4.69, 9.17) is 21.4 Å². The number of nitrogens with one attached hydrogen (secondary N) is 4. The number of likely N-dealkylation sites (N-methyl/N-ethyl adjacent to an activating group) is 1. The molecule has 0 saturated heterocycles. The summed E-state index contributed by atoms with van der Waals surface area (Å²) >= 11 is 6.37. The van der Waals surface area contributed by atoms with Crippen LogP contribution in [0, 0.1) is 0 Å². The molecule has 6 atom stereocenters. The number of fused-ring (bicyclic) bond motifs is 2. The van der Waals surface area contributed by atoms with Gasteiger partial charge in [0.15, 0.2) is 11.5 Å². The number of aliphatic carboxylic acids is 2. The Hall–Kier alpha value is -5.72. The van der Waals surface area contributed by atoms with Crippen molar-refractivity contribution in [3.8, 4) is 11.5 Å². The highest BCUT2D eigenvalue weighted by atomic mass is 35.5. The largest absolute Gasteiger partial charge is 0.503 e. The van der Waals surface area contributed by atoms with E-state index in [1.807, 2.05) is 5.32 Å². The molecular weight excluding hydrogens is 756 g/mol. The van der Waals surface area contributed by atoms with Gasteiger partial charge in [-0.25, -0.2) is 9.59 Å². The Morgan fingerprint density at radius 2 is 1.73 bits per heavy atom. The number of carboxylic acid groups (broad SMARTS) is 2. The molecule has 2 aliphatic heterocycles. The average molecular weight is 803 g/mol. The van der Waals surface area contributed by atoms with Crippen LogP contribution in [0.15, 0.2) is 59.5 Å². The molecular formula is C37H47ClN6O12. The van der Waals surface area contributed by atoms with Gasteiger partial charge in [-0.3, -0.25) is 28.9 Å². The molecule has 3 unspecified atom stereocenters. The molecule has 1 aromatic carbocycles. The third-order valence-corrected chi connectivity index (χ3v) is 9.72. The fourth-order valence-electron chi connectivity index (χ4n) is 5.95. The smallest absolute Gasteiger partial charge is 0.352 e. The number of amides is 5. The first-order valence-corrected chi connectivity index (χ1v) is 17.7. The lowest BCUT2D eigenvalue weighted by molar-refractivity contribution is -0.146. The number of carboxylic acids is 2. The molecule has 0 aromatic heterocycles. The number of carbonyl (C=O) groups is 7. The fraction of sp³-hybridized carbons (Fsp3) is 0.432. The van der Waals surface area contributed by atoms with E-state index in [-0.39, 0.29) is 52.9 Å². The molecule has 56 heavy (non-hydrogen) atoms. The van der Waals surface area contributed by atoms with Gasteiger partial charge in [0.05, 0.1) is 11.1 Å². The zero-order valence-corrected chi connectivity index (χ0v) is 32.7. The van der Waals surface area contributed by atoms with Gasteiger partial charge in [0.25, 0.3) is 17.7 Å². The Kier molecular flexibility index (Phi) is 14.6. The minimum absolute atomic E-state index is 0.0192. The molecule has 2 aliphatic rings. The van der Waals surface area contributed by atoms with Crippen molar-refractivity contribution in [2.45, 2.75) is 83.3 Å². The lowest BCUT2D eigenvalue weighted by Crippen LogP contribution is -2.65. The third-order valence-electron chi connectivity index (χ3n) is 9.43. The van der Waals surface area contributed by atoms with Crippen LogP contribution < -0.4 is 26.0 Å². The van der Waals surface area contributed by atoms with Crippen molar-refractivity contribution in [3.05, 3.63) is 70.1 Å². The maximum Gasteiger partial charge on any atom is 0.352 e. The van der Waals surface area contributed by atoms with Gasteiger partial charge in [0, 0.05) is 6.54 Å². The third kappa shape index (κ3) is 9.92. The van der Waals surface area contributed by atoms with E-state index in [9.17, 15) is 48.9 Å². The molecule has 1 aromatic rings. The van der Waals surface area contributed by atoms with Crippen LogP contribution in [0.4, 0.5) is 0 Å². The number of nitrogens with zero attached hydrogens (tertiary/aromatic N) is 2. The van der Waals surface area contributed by atoms with E-state index >= 15 is 0 Å². The number of hydrogen-bond acceptors (Lipinski definition) is 11. The maximum atomic E-state index is 14.7. The SMILES string of the molecule is C=C(C)C1NC(=O)C(N(C)C)[C@H](O)c2cc(Cl)c(O)c(c2)O[C@](C)(CC)C(C(=O)N2CC=C[C@H]2C(=O)N/C(C(=O)N/C(=C/C(=O)O)C(=O)O)=C(\C)CC)NC1=O. The Morgan fingerprint density at radius 1 is 1.09 bits per heavy atom. The molecule has 0 radical (unpaired) electrons. The van der Waals surface area contributed by atoms with Crippen molar-refractivity contribution in [2.24, 2.45) is 0 Å². The summed E-state index contributed by atoms with van der Waals surface area (Å²) in [6, 6.07) is -3.28. The van der Waals surface area contributed by atoms with Gasteiger partial charge in [0.2, 0.25) is 11.8 Å². The van der Waals surface area contributed by atoms with Crippen molar-refractivity contribution in [2.75, 3.05) is 20.6 Å². The van der Waals surface area contributed by atoms with Gasteiger partial charge in [0.1, 0.15) is 47.3 Å². The summed E-state index contributed by atoms with van der Waals surface area (Å²) in [5, 5.41) is 50.2. The maximum absolute atomic E-state index is 14.7. The normalized spacial score (nSPS) is 24.6. The molecule has 0 spiro atoms. The monoisotopic (exact) mass is 802 g/mol. The molecule has 3 rings (SSSR count). The van der Waals surface area contributed by atoms with Crippen molar-refractivity contribution in [1.82, 2.24) is 31.1 Å². The Balaban J connectivity index is 2.13. The van der Waals surface area contributed by atoms with Crippen LogP contribution in [0.25, 0.3) is 0 Å². The summed E-state index contributed by atoms with van der Waals surface area (Å²) in [5.74, 6) is -8.88. The van der Waals surface area contributed by atoms with Crippen LogP contribution in [0.3, 0.4) is 0 Å². The van der Waals surface area contributed by atoms with Crippen LogP contribution in [0.1, 0.15) is 59.1 Å². The number of hydrogen-bond donors (Lipinski definition) is 8. The van der Waals surface area contributed by atoms with Crippen LogP contribution in [0.2, 0.25) is 5.02 Å². The number of halogens is 1. The van der Waals surface area contributed by atoms with Crippen LogP contribution >= 0.6 is 11.6 Å². The van der Waals surface area contributed by atoms with Crippen molar-refractivity contribution in [1.29, 1.82) is 0 Å². The van der Waals surface area contributed by atoms with Crippen LogP contribution in [-0.4, -0.2) is 122 Å². The summed E-state index contributed by atoms with van der Waals surface area (Å²) in [6.07, 6.45) is 1.73. The second-order valence-corrected chi connectivity index (χ2v) is 14.1. The molecule has 19 heteroatoms. The molecule has 18 nitrogen and oxygen atoms in total. The molecule has 5 amide bonds. The Bertz CT molecular complexity index is 1910. The second-order valence-electron chi connectivity index (χ2n) is 13.7. The predicted octanol–water partition coefficient (Wildman–Crippen LogP) is 0.853. The Labute approximate surface area is 327 Å². The zero-order valence-electron chi connectivity index (χ0n) is 31.9. The first-order chi connectivity index (χ1) is 26.1. The molecule has 2 bridgehead atoms. The minimum Gasteiger partial charge on any atom is -0.503 e. The highest BCUT2D eigenvalue weighted by Gasteiger charge is 2.48. The second kappa shape index (κ2) is 18.3. The lowest BCUT2D eigenvalue weighted by Gasteiger charge is -2.40. The van der Waals surface area contributed by atoms with Gasteiger partial charge in [-0.15, -0.1) is 0 Å². The summed E-state index contributed by atoms with van der Waals surface area (Å²) < 4.78 is 6.32. The number of allylic oxidation sites excluding steroid dienone is 1. The number of aromatic hydroxyl groups is 1. The summed E-state index contributed by atoms with van der Waals surface area (Å²) in [6.45, 7) is 11.3. The van der Waals surface area contributed by atoms with Gasteiger partial charge >= 0.3 is 11.9 Å². The highest BCUT2D eigenvalue weighted by molar-refractivity contribution is 6.32. The van der Waals surface area contributed by atoms with Gasteiger partial charge in [-0.2, -0.15) is 0 Å². The summed E-state index contributed by atoms with van der Waals surface area (Å²) in [5.41, 5.74) is -2.60. The number of carbonyl (C=O) groups excluding carboxylic acids is 5. The number of aliphatic hydroxyl groups excluding tert-OH is 1. The summed E-state index contributed by atoms with van der Waals surface area (Å²) in [4.78, 5) is 94.7. The number of ether oxygens (including phenoxy) is 1. The summed E-state index contributed by atoms with van der Waals surface area (Å²) in [7, 11) is 3.05. The van der Waals surface area contributed by atoms with Crippen molar-refractivity contribution >= 4 is 53.1 Å². The van der Waals surface area contributed by atoms with Gasteiger partial charge in [-0.05, 0) is 76.6 Å². The van der Waals surface area contributed by atoms with Crippen LogP contribution in [0.5, 0.6) is 11.5 Å². The van der Waals surface area contributed by atoms with Gasteiger partial charge in [-0.1, -0.05) is 44.2 Å². The van der Waals surface area contributed by atoms with E-state index in [0.717, 1.165) is 4.90 Å². The van der Waals surface area contributed by atoms with Crippen molar-refractivity contribution < 1.29 is 58.7 Å². The molecule has 8 N–H and O–H groups in total. The standard InChI is InChI=1S/C37H47ClN6O12/c1-9-18(5)26(33(51)39-21(36(54)55)16-24(45)46)41-31(49)22-12-11-13-44(22)35(53)30-37(6,10-2)56-23-15-19(14-20(38)29(23)48)28(47)27(43(7)8)34(52)40-25(17(3)4)32(50)42-30/h11-12,14-16,22,25,27-28,30,47-48H,3,9-10,13H2,1-2,4-8H3,(H,39,51)(H,40,52)(H,41,49)(H,42,50)(H,45,46)(H,54,55)/b21-16+,26-18+/t22-,25?,27?,28+,30?,37+/m0/s1. The quantitative estimate of drug-likeness (QED) is 0.114.